The van der Waals surface area contributed by atoms with Crippen molar-refractivity contribution in [1.29, 1.82) is 0 Å². The number of halogens is 3. The maximum atomic E-state index is 13.7. The van der Waals surface area contributed by atoms with E-state index in [1.165, 1.54) is 13.8 Å². The average molecular weight is 272 g/mol. The molecule has 1 heterocycles. The normalized spacial score (nSPS) is 18.5. The number of piperazine rings is 1. The number of hydrogen-bond donors (Lipinski definition) is 1. The number of nitrogens with zero attached hydrogens (tertiary/aromatic N) is 1. The zero-order chi connectivity index (χ0) is 14.4. The van der Waals surface area contributed by atoms with E-state index in [4.69, 9.17) is 0 Å². The van der Waals surface area contributed by atoms with Gasteiger partial charge in [0.1, 0.15) is 17.9 Å². The highest BCUT2D eigenvalue weighted by Gasteiger charge is 2.41. The van der Waals surface area contributed by atoms with Crippen molar-refractivity contribution in [3.63, 3.8) is 0 Å². The maximum Gasteiger partial charge on any atom is 0.252 e. The smallest absolute Gasteiger partial charge is 0.252 e. The van der Waals surface area contributed by atoms with Crippen LogP contribution in [0.15, 0.2) is 12.1 Å². The van der Waals surface area contributed by atoms with E-state index in [1.54, 1.807) is 0 Å². The molecule has 1 aliphatic heterocycles. The predicted octanol–water partition coefficient (Wildman–Crippen LogP) is 1.35. The molecule has 0 atom stereocenters. The van der Waals surface area contributed by atoms with Crippen LogP contribution in [-0.2, 0) is 9.59 Å². The summed E-state index contributed by atoms with van der Waals surface area (Å²) in [5, 5.41) is 2.41. The second-order valence-electron chi connectivity index (χ2n) is 4.79. The van der Waals surface area contributed by atoms with Gasteiger partial charge in [0.2, 0.25) is 5.91 Å². The molecule has 1 N–H and O–H groups in total. The lowest BCUT2D eigenvalue weighted by Gasteiger charge is -2.37. The van der Waals surface area contributed by atoms with Crippen molar-refractivity contribution in [1.82, 2.24) is 5.32 Å². The minimum atomic E-state index is -1.41. The molecule has 1 aromatic carbocycles. The first-order valence-corrected chi connectivity index (χ1v) is 5.50. The molecule has 1 aromatic rings. The van der Waals surface area contributed by atoms with Crippen molar-refractivity contribution in [2.24, 2.45) is 0 Å². The third-order valence-corrected chi connectivity index (χ3v) is 2.80. The zero-order valence-corrected chi connectivity index (χ0v) is 10.3. The van der Waals surface area contributed by atoms with Gasteiger partial charge in [-0.3, -0.25) is 14.5 Å². The molecule has 0 radical (unpaired) electrons. The molecule has 19 heavy (non-hydrogen) atoms. The number of carbonyl (C=O) groups is 2. The Balaban J connectivity index is 2.52. The van der Waals surface area contributed by atoms with Gasteiger partial charge in [0, 0.05) is 12.1 Å². The number of benzene rings is 1. The summed E-state index contributed by atoms with van der Waals surface area (Å²) >= 11 is 0. The van der Waals surface area contributed by atoms with Crippen LogP contribution in [0, 0.1) is 17.5 Å². The highest BCUT2D eigenvalue weighted by molar-refractivity contribution is 6.08. The van der Waals surface area contributed by atoms with E-state index in [0.29, 0.717) is 12.1 Å². The van der Waals surface area contributed by atoms with Crippen LogP contribution in [0.3, 0.4) is 0 Å². The number of anilines is 1. The summed E-state index contributed by atoms with van der Waals surface area (Å²) in [5.41, 5.74) is -1.84. The van der Waals surface area contributed by atoms with Crippen molar-refractivity contribution in [3.8, 4) is 0 Å². The van der Waals surface area contributed by atoms with Crippen LogP contribution < -0.4 is 10.2 Å². The summed E-state index contributed by atoms with van der Waals surface area (Å²) in [7, 11) is 0. The van der Waals surface area contributed by atoms with Gasteiger partial charge in [0.15, 0.2) is 11.6 Å². The van der Waals surface area contributed by atoms with Crippen LogP contribution in [-0.4, -0.2) is 23.9 Å². The first kappa shape index (κ1) is 13.4. The molecule has 2 amide bonds. The highest BCUT2D eigenvalue weighted by Crippen LogP contribution is 2.27. The molecule has 102 valence electrons. The van der Waals surface area contributed by atoms with Gasteiger partial charge in [-0.15, -0.1) is 0 Å². The van der Waals surface area contributed by atoms with Gasteiger partial charge in [-0.25, -0.2) is 13.2 Å². The number of rotatable bonds is 1. The lowest BCUT2D eigenvalue weighted by Crippen LogP contribution is -2.64. The van der Waals surface area contributed by atoms with Crippen LogP contribution in [0.25, 0.3) is 0 Å². The predicted molar refractivity (Wildman–Crippen MR) is 60.9 cm³/mol. The van der Waals surface area contributed by atoms with Crippen molar-refractivity contribution in [3.05, 3.63) is 29.6 Å². The fraction of sp³-hybridized carbons (Fsp3) is 0.333. The molecule has 1 aliphatic rings. The van der Waals surface area contributed by atoms with Crippen molar-refractivity contribution < 1.29 is 22.8 Å². The third kappa shape index (κ3) is 2.27. The van der Waals surface area contributed by atoms with Crippen molar-refractivity contribution in [2.75, 3.05) is 11.4 Å². The molecule has 0 aliphatic carbocycles. The first-order chi connectivity index (χ1) is 8.72. The molecule has 0 saturated carbocycles. The van der Waals surface area contributed by atoms with Crippen molar-refractivity contribution in [2.45, 2.75) is 19.4 Å². The Labute approximate surface area is 107 Å². The zero-order valence-electron chi connectivity index (χ0n) is 10.3. The van der Waals surface area contributed by atoms with Crippen LogP contribution in [0.4, 0.5) is 18.9 Å². The van der Waals surface area contributed by atoms with Crippen LogP contribution in [0.2, 0.25) is 0 Å². The van der Waals surface area contributed by atoms with Gasteiger partial charge >= 0.3 is 0 Å². The van der Waals surface area contributed by atoms with E-state index in [1.807, 2.05) is 0 Å². The minimum Gasteiger partial charge on any atom is -0.341 e. The summed E-state index contributed by atoms with van der Waals surface area (Å²) in [5.74, 6) is -4.97. The second-order valence-corrected chi connectivity index (χ2v) is 4.79. The van der Waals surface area contributed by atoms with Crippen LogP contribution in [0.5, 0.6) is 0 Å². The Kier molecular flexibility index (Phi) is 3.00. The first-order valence-electron chi connectivity index (χ1n) is 5.50. The quantitative estimate of drug-likeness (QED) is 0.784. The van der Waals surface area contributed by atoms with Gasteiger partial charge in [0.25, 0.3) is 5.91 Å². The fourth-order valence-electron chi connectivity index (χ4n) is 1.93. The molecular weight excluding hydrogens is 261 g/mol. The van der Waals surface area contributed by atoms with Gasteiger partial charge in [0.05, 0.1) is 5.69 Å². The SMILES string of the molecule is CC1(C)NC(=O)CN(c2cc(F)cc(F)c2F)C1=O. The van der Waals surface area contributed by atoms with Gasteiger partial charge in [-0.05, 0) is 13.8 Å². The highest BCUT2D eigenvalue weighted by atomic mass is 19.2. The third-order valence-electron chi connectivity index (χ3n) is 2.80. The lowest BCUT2D eigenvalue weighted by molar-refractivity contribution is -0.134. The van der Waals surface area contributed by atoms with Gasteiger partial charge < -0.3 is 5.32 Å². The van der Waals surface area contributed by atoms with E-state index >= 15 is 0 Å². The van der Waals surface area contributed by atoms with Crippen LogP contribution in [0.1, 0.15) is 13.8 Å². The van der Waals surface area contributed by atoms with Gasteiger partial charge in [-0.1, -0.05) is 0 Å². The average Bonchev–Trinajstić information content (AvgIpc) is 2.28. The Morgan fingerprint density at radius 1 is 1.21 bits per heavy atom. The summed E-state index contributed by atoms with van der Waals surface area (Å²) < 4.78 is 39.9. The summed E-state index contributed by atoms with van der Waals surface area (Å²) in [6, 6.07) is 1.06. The van der Waals surface area contributed by atoms with Crippen LogP contribution >= 0.6 is 0 Å². The standard InChI is InChI=1S/C12H11F3N2O2/c1-12(2)11(19)17(5-9(18)16-12)8-4-6(13)3-7(14)10(8)15/h3-4H,5H2,1-2H3,(H,16,18). The summed E-state index contributed by atoms with van der Waals surface area (Å²) in [6.45, 7) is 2.36. The molecule has 0 bridgehead atoms. The number of nitrogens with one attached hydrogen (secondary N) is 1. The summed E-state index contributed by atoms with van der Waals surface area (Å²) in [4.78, 5) is 24.3. The largest absolute Gasteiger partial charge is 0.341 e. The van der Waals surface area contributed by atoms with Crippen molar-refractivity contribution >= 4 is 17.5 Å². The van der Waals surface area contributed by atoms with E-state index in [0.717, 1.165) is 4.90 Å². The molecule has 2 rings (SSSR count). The monoisotopic (exact) mass is 272 g/mol. The van der Waals surface area contributed by atoms with Gasteiger partial charge in [-0.2, -0.15) is 0 Å². The number of carbonyl (C=O) groups excluding carboxylic acids is 2. The Hall–Kier alpha value is -2.05. The van der Waals surface area contributed by atoms with E-state index in [2.05, 4.69) is 5.32 Å². The summed E-state index contributed by atoms with van der Waals surface area (Å²) in [6.07, 6.45) is 0. The number of hydrogen-bond acceptors (Lipinski definition) is 2. The maximum absolute atomic E-state index is 13.7. The Morgan fingerprint density at radius 3 is 2.47 bits per heavy atom. The molecule has 0 aromatic heterocycles. The number of amides is 2. The molecule has 1 fully saturated rings. The molecular formula is C12H11F3N2O2. The molecule has 1 saturated heterocycles. The van der Waals surface area contributed by atoms with E-state index in [-0.39, 0.29) is 0 Å². The van der Waals surface area contributed by atoms with E-state index < -0.39 is 47.0 Å². The molecule has 4 nitrogen and oxygen atoms in total. The Bertz CT molecular complexity index is 572. The second kappa shape index (κ2) is 4.25. The van der Waals surface area contributed by atoms with E-state index in [9.17, 15) is 22.8 Å². The lowest BCUT2D eigenvalue weighted by atomic mass is 10.00. The molecule has 0 spiro atoms. The Morgan fingerprint density at radius 2 is 1.84 bits per heavy atom. The minimum absolute atomic E-state index is 0.373. The topological polar surface area (TPSA) is 49.4 Å². The molecule has 7 heteroatoms. The molecule has 0 unspecified atom stereocenters. The fourth-order valence-corrected chi connectivity index (χ4v) is 1.93.